The van der Waals surface area contributed by atoms with E-state index in [2.05, 4.69) is 14.7 Å². The first-order valence-corrected chi connectivity index (χ1v) is 11.7. The van der Waals surface area contributed by atoms with E-state index >= 15 is 0 Å². The van der Waals surface area contributed by atoms with Gasteiger partial charge in [0.25, 0.3) is 11.8 Å². The second kappa shape index (κ2) is 8.99. The minimum Gasteiger partial charge on any atom is -0.305 e. The van der Waals surface area contributed by atoms with Gasteiger partial charge in [-0.05, 0) is 50.8 Å². The van der Waals surface area contributed by atoms with Crippen LogP contribution < -0.4 is 5.32 Å². The van der Waals surface area contributed by atoms with Gasteiger partial charge in [0.05, 0.1) is 11.6 Å². The second-order valence-corrected chi connectivity index (χ2v) is 9.55. The molecule has 1 aliphatic heterocycles. The SMILES string of the molecule is CCN1C(C(=O)Nc2cccc(C(C)(F)F)n2)=CC(C2CCC(C(F)(F)F)CC2)=NS1(=O)=O. The van der Waals surface area contributed by atoms with Crippen molar-refractivity contribution in [3.05, 3.63) is 35.7 Å². The fourth-order valence-corrected chi connectivity index (χ4v) is 5.17. The van der Waals surface area contributed by atoms with E-state index in [4.69, 9.17) is 0 Å². The van der Waals surface area contributed by atoms with Crippen LogP contribution in [0.1, 0.15) is 45.2 Å². The van der Waals surface area contributed by atoms with E-state index in [-0.39, 0.29) is 49.5 Å². The van der Waals surface area contributed by atoms with Gasteiger partial charge in [-0.2, -0.15) is 30.4 Å². The lowest BCUT2D eigenvalue weighted by molar-refractivity contribution is -0.182. The molecule has 0 saturated heterocycles. The molecule has 0 aromatic carbocycles. The molecule has 1 fully saturated rings. The predicted molar refractivity (Wildman–Crippen MR) is 111 cm³/mol. The zero-order valence-electron chi connectivity index (χ0n) is 17.9. The fourth-order valence-electron chi connectivity index (χ4n) is 3.90. The number of hydrogen-bond acceptors (Lipinski definition) is 4. The molecule has 1 aromatic rings. The number of anilines is 1. The molecule has 0 spiro atoms. The lowest BCUT2D eigenvalue weighted by Crippen LogP contribution is -2.40. The molecule has 1 aliphatic carbocycles. The van der Waals surface area contributed by atoms with Gasteiger partial charge in [0.1, 0.15) is 17.2 Å². The monoisotopic (exact) mass is 494 g/mol. The maximum absolute atomic E-state index is 13.5. The van der Waals surface area contributed by atoms with Crippen LogP contribution in [-0.2, 0) is 20.9 Å². The van der Waals surface area contributed by atoms with Gasteiger partial charge in [0, 0.05) is 19.4 Å². The largest absolute Gasteiger partial charge is 0.391 e. The molecule has 2 heterocycles. The summed E-state index contributed by atoms with van der Waals surface area (Å²) in [5.41, 5.74) is -0.884. The summed E-state index contributed by atoms with van der Waals surface area (Å²) in [6, 6.07) is 3.63. The van der Waals surface area contributed by atoms with Crippen LogP contribution in [0.4, 0.5) is 27.8 Å². The summed E-state index contributed by atoms with van der Waals surface area (Å²) < 4.78 is 95.8. The number of carbonyl (C=O) groups is 1. The number of halogens is 5. The van der Waals surface area contributed by atoms with Crippen molar-refractivity contribution >= 4 is 27.6 Å². The summed E-state index contributed by atoms with van der Waals surface area (Å²) in [6.45, 7) is 1.98. The van der Waals surface area contributed by atoms with E-state index in [0.29, 0.717) is 6.92 Å². The Labute approximate surface area is 188 Å². The van der Waals surface area contributed by atoms with Crippen molar-refractivity contribution in [3.8, 4) is 0 Å². The van der Waals surface area contributed by atoms with E-state index < -0.39 is 45.7 Å². The van der Waals surface area contributed by atoms with Crippen LogP contribution in [0.5, 0.6) is 0 Å². The van der Waals surface area contributed by atoms with Crippen LogP contribution in [0.3, 0.4) is 0 Å². The van der Waals surface area contributed by atoms with E-state index in [1.165, 1.54) is 25.1 Å². The highest BCUT2D eigenvalue weighted by Crippen LogP contribution is 2.40. The molecule has 0 radical (unpaired) electrons. The Balaban J connectivity index is 1.86. The quantitative estimate of drug-likeness (QED) is 0.614. The number of allylic oxidation sites excluding steroid dienone is 1. The number of amides is 1. The van der Waals surface area contributed by atoms with Crippen molar-refractivity contribution in [2.45, 2.75) is 51.6 Å². The highest BCUT2D eigenvalue weighted by atomic mass is 32.2. The molecule has 1 N–H and O–H groups in total. The normalized spacial score (nSPS) is 23.5. The molecule has 0 bridgehead atoms. The third-order valence-electron chi connectivity index (χ3n) is 5.62. The average Bonchev–Trinajstić information content (AvgIpc) is 2.71. The first kappa shape index (κ1) is 25.1. The van der Waals surface area contributed by atoms with Gasteiger partial charge in [-0.15, -0.1) is 4.40 Å². The Kier molecular flexibility index (Phi) is 6.83. The molecule has 33 heavy (non-hydrogen) atoms. The van der Waals surface area contributed by atoms with Gasteiger partial charge >= 0.3 is 16.4 Å². The average molecular weight is 494 g/mol. The maximum Gasteiger partial charge on any atom is 0.391 e. The first-order chi connectivity index (χ1) is 15.2. The van der Waals surface area contributed by atoms with Crippen molar-refractivity contribution in [1.82, 2.24) is 9.29 Å². The third kappa shape index (κ3) is 5.68. The minimum atomic E-state index is -4.32. The smallest absolute Gasteiger partial charge is 0.305 e. The summed E-state index contributed by atoms with van der Waals surface area (Å²) in [5.74, 6) is -6.38. The number of aromatic nitrogens is 1. The lowest BCUT2D eigenvalue weighted by atomic mass is 9.79. The van der Waals surface area contributed by atoms with Crippen molar-refractivity contribution in [1.29, 1.82) is 0 Å². The molecule has 7 nitrogen and oxygen atoms in total. The third-order valence-corrected chi connectivity index (χ3v) is 7.07. The van der Waals surface area contributed by atoms with Gasteiger partial charge < -0.3 is 5.32 Å². The van der Waals surface area contributed by atoms with Crippen molar-refractivity contribution in [3.63, 3.8) is 0 Å². The number of nitrogens with one attached hydrogen (secondary N) is 1. The number of rotatable bonds is 5. The van der Waals surface area contributed by atoms with Crippen LogP contribution in [-0.4, -0.2) is 42.0 Å². The Morgan fingerprint density at radius 2 is 1.79 bits per heavy atom. The topological polar surface area (TPSA) is 91.7 Å². The molecule has 0 unspecified atom stereocenters. The molecule has 2 aliphatic rings. The Morgan fingerprint density at radius 1 is 1.15 bits per heavy atom. The molecule has 1 aromatic heterocycles. The molecular formula is C20H23F5N4O3S. The number of alkyl halides is 5. The van der Waals surface area contributed by atoms with Crippen LogP contribution in [0.25, 0.3) is 0 Å². The van der Waals surface area contributed by atoms with E-state index in [0.717, 1.165) is 10.4 Å². The summed E-state index contributed by atoms with van der Waals surface area (Å²) in [5, 5.41) is 2.32. The summed E-state index contributed by atoms with van der Waals surface area (Å²) in [7, 11) is -4.30. The number of likely N-dealkylation sites (N-methyl/N-ethyl adjacent to an activating group) is 1. The van der Waals surface area contributed by atoms with Crippen molar-refractivity contribution in [2.75, 3.05) is 11.9 Å². The molecule has 3 rings (SSSR count). The fraction of sp³-hybridized carbons (Fsp3) is 0.550. The maximum atomic E-state index is 13.5. The number of pyridine rings is 1. The number of carbonyl (C=O) groups excluding carboxylic acids is 1. The molecule has 13 heteroatoms. The van der Waals surface area contributed by atoms with E-state index in [1.807, 2.05) is 0 Å². The highest BCUT2D eigenvalue weighted by Gasteiger charge is 2.43. The van der Waals surface area contributed by atoms with Gasteiger partial charge in [0.2, 0.25) is 0 Å². The Hall–Kier alpha value is -2.57. The first-order valence-electron chi connectivity index (χ1n) is 10.3. The summed E-state index contributed by atoms with van der Waals surface area (Å²) in [4.78, 5) is 16.6. The molecular weight excluding hydrogens is 471 g/mol. The minimum absolute atomic E-state index is 0.00674. The number of hydrogen-bond donors (Lipinski definition) is 1. The molecule has 0 atom stereocenters. The second-order valence-electron chi connectivity index (χ2n) is 8.03. The van der Waals surface area contributed by atoms with E-state index in [1.54, 1.807) is 0 Å². The molecule has 1 saturated carbocycles. The van der Waals surface area contributed by atoms with E-state index in [9.17, 15) is 35.2 Å². The summed E-state index contributed by atoms with van der Waals surface area (Å²) >= 11 is 0. The van der Waals surface area contributed by atoms with Crippen LogP contribution in [0, 0.1) is 11.8 Å². The zero-order valence-corrected chi connectivity index (χ0v) is 18.7. The van der Waals surface area contributed by atoms with Crippen LogP contribution in [0.2, 0.25) is 0 Å². The molecule has 182 valence electrons. The standard InChI is InChI=1S/C20H23F5N4O3S/c1-3-29-15(18(30)27-17-6-4-5-16(26-17)19(2,21)22)11-14(28-33(29,31)32)12-7-9-13(10-8-12)20(23,24)25/h4-6,11-13H,3,7-10H2,1-2H3,(H,26,27,30). The van der Waals surface area contributed by atoms with Crippen LogP contribution in [0.15, 0.2) is 34.4 Å². The van der Waals surface area contributed by atoms with Crippen LogP contribution >= 0.6 is 0 Å². The summed E-state index contributed by atoms with van der Waals surface area (Å²) in [6.07, 6.45) is -3.26. The predicted octanol–water partition coefficient (Wildman–Crippen LogP) is 4.41. The van der Waals surface area contributed by atoms with Gasteiger partial charge in [-0.25, -0.2) is 9.29 Å². The van der Waals surface area contributed by atoms with Crippen molar-refractivity contribution in [2.24, 2.45) is 16.2 Å². The Morgan fingerprint density at radius 3 is 2.33 bits per heavy atom. The number of nitrogens with zero attached hydrogens (tertiary/aromatic N) is 3. The Bertz CT molecular complexity index is 1070. The van der Waals surface area contributed by atoms with Crippen molar-refractivity contribution < 1.29 is 35.2 Å². The van der Waals surface area contributed by atoms with Gasteiger partial charge in [0.15, 0.2) is 0 Å². The highest BCUT2D eigenvalue weighted by molar-refractivity contribution is 7.88. The molecule has 1 amide bonds. The zero-order chi connectivity index (χ0) is 24.6. The van der Waals surface area contributed by atoms with Gasteiger partial charge in [-0.1, -0.05) is 6.07 Å². The van der Waals surface area contributed by atoms with Gasteiger partial charge in [-0.3, -0.25) is 4.79 Å². The lowest BCUT2D eigenvalue weighted by Gasteiger charge is -2.32.